The second kappa shape index (κ2) is 7.77. The van der Waals surface area contributed by atoms with Gasteiger partial charge in [0.2, 0.25) is 0 Å². The molecule has 1 nitrogen and oxygen atoms in total. The standard InChI is InChI=1S/C21H14F7N/c1-11-2-3-19(29-10-11)12-6-17(24)20(18(25)7-12)13-8-15(22)14(16(23)9-13)4-5-21(26,27)28/h2-8,10,29H,9H2,1H3/b5-4+,19-12?,20-13?. The molecule has 0 saturated carbocycles. The molecule has 1 aromatic carbocycles. The Kier molecular flexibility index (Phi) is 5.55. The van der Waals surface area contributed by atoms with Gasteiger partial charge >= 0.3 is 6.18 Å². The highest BCUT2D eigenvalue weighted by molar-refractivity contribution is 5.67. The van der Waals surface area contributed by atoms with E-state index in [-0.39, 0.29) is 22.9 Å². The van der Waals surface area contributed by atoms with E-state index in [1.54, 1.807) is 18.4 Å². The number of benzene rings is 1. The molecular weight excluding hydrogens is 399 g/mol. The molecule has 0 bridgehead atoms. The highest BCUT2D eigenvalue weighted by Gasteiger charge is 2.25. The van der Waals surface area contributed by atoms with Crippen molar-refractivity contribution in [2.24, 2.45) is 0 Å². The van der Waals surface area contributed by atoms with Gasteiger partial charge in [-0.3, -0.25) is 0 Å². The Balaban J connectivity index is 2.08. The molecule has 2 aliphatic rings. The van der Waals surface area contributed by atoms with Crippen LogP contribution < -0.4 is 15.8 Å². The van der Waals surface area contributed by atoms with Gasteiger partial charge < -0.3 is 5.32 Å². The average molecular weight is 413 g/mol. The van der Waals surface area contributed by atoms with E-state index in [1.165, 1.54) is 0 Å². The quantitative estimate of drug-likeness (QED) is 0.647. The molecule has 1 N–H and O–H groups in total. The summed E-state index contributed by atoms with van der Waals surface area (Å²) in [4.78, 5) is 0. The van der Waals surface area contributed by atoms with Crippen molar-refractivity contribution in [2.45, 2.75) is 19.5 Å². The predicted octanol–water partition coefficient (Wildman–Crippen LogP) is 4.89. The van der Waals surface area contributed by atoms with Gasteiger partial charge in [0, 0.05) is 40.4 Å². The summed E-state index contributed by atoms with van der Waals surface area (Å²) in [6.07, 6.45) is 0.0855. The minimum Gasteiger partial charge on any atom is -0.361 e. The molecule has 1 aliphatic carbocycles. The van der Waals surface area contributed by atoms with Crippen LogP contribution in [-0.2, 0) is 0 Å². The van der Waals surface area contributed by atoms with Crippen LogP contribution in [-0.4, -0.2) is 6.18 Å². The largest absolute Gasteiger partial charge is 0.409 e. The summed E-state index contributed by atoms with van der Waals surface area (Å²) in [6, 6.07) is 2.03. The first kappa shape index (κ1) is 20.7. The van der Waals surface area contributed by atoms with Gasteiger partial charge in [-0.05, 0) is 48.4 Å². The van der Waals surface area contributed by atoms with Crippen LogP contribution in [0, 0.1) is 11.6 Å². The maximum absolute atomic E-state index is 14.6. The van der Waals surface area contributed by atoms with Crippen molar-refractivity contribution in [1.29, 1.82) is 0 Å². The Hall–Kier alpha value is -3.03. The summed E-state index contributed by atoms with van der Waals surface area (Å²) in [6.45, 7) is 1.82. The molecule has 1 aliphatic heterocycles. The molecule has 0 fully saturated rings. The zero-order chi connectivity index (χ0) is 21.3. The second-order valence-corrected chi connectivity index (χ2v) is 6.48. The fourth-order valence-corrected chi connectivity index (χ4v) is 2.90. The van der Waals surface area contributed by atoms with Crippen LogP contribution >= 0.6 is 0 Å². The van der Waals surface area contributed by atoms with Crippen molar-refractivity contribution < 1.29 is 30.7 Å². The van der Waals surface area contributed by atoms with Crippen LogP contribution in [0.15, 0.2) is 71.5 Å². The molecule has 0 spiro atoms. The van der Waals surface area contributed by atoms with E-state index in [1.807, 2.05) is 6.92 Å². The fraction of sp³-hybridized carbons (Fsp3) is 0.143. The topological polar surface area (TPSA) is 12.0 Å². The van der Waals surface area contributed by atoms with Gasteiger partial charge in [0.1, 0.15) is 23.3 Å². The Morgan fingerprint density at radius 2 is 1.66 bits per heavy atom. The smallest absolute Gasteiger partial charge is 0.361 e. The molecule has 3 rings (SSSR count). The van der Waals surface area contributed by atoms with E-state index in [0.29, 0.717) is 11.8 Å². The third-order valence-electron chi connectivity index (χ3n) is 4.28. The third-order valence-corrected chi connectivity index (χ3v) is 4.28. The highest BCUT2D eigenvalue weighted by atomic mass is 19.4. The Bertz CT molecular complexity index is 1100. The lowest BCUT2D eigenvalue weighted by molar-refractivity contribution is -0.0798. The summed E-state index contributed by atoms with van der Waals surface area (Å²) >= 11 is 0. The van der Waals surface area contributed by atoms with Crippen LogP contribution in [0.25, 0.3) is 11.3 Å². The fourth-order valence-electron chi connectivity index (χ4n) is 2.90. The maximum Gasteiger partial charge on any atom is 0.409 e. The molecule has 29 heavy (non-hydrogen) atoms. The monoisotopic (exact) mass is 413 g/mol. The second-order valence-electron chi connectivity index (χ2n) is 6.48. The summed E-state index contributed by atoms with van der Waals surface area (Å²) < 4.78 is 94.2. The van der Waals surface area contributed by atoms with Gasteiger partial charge in [-0.2, -0.15) is 13.2 Å². The van der Waals surface area contributed by atoms with Crippen LogP contribution in [0.2, 0.25) is 0 Å². The zero-order valence-electron chi connectivity index (χ0n) is 15.0. The first-order valence-corrected chi connectivity index (χ1v) is 8.41. The van der Waals surface area contributed by atoms with E-state index in [0.717, 1.165) is 17.7 Å². The van der Waals surface area contributed by atoms with E-state index >= 15 is 0 Å². The Morgan fingerprint density at radius 3 is 2.17 bits per heavy atom. The molecule has 8 heteroatoms. The number of hydrogen-bond donors (Lipinski definition) is 1. The normalized spacial score (nSPS) is 17.7. The van der Waals surface area contributed by atoms with Crippen molar-refractivity contribution in [1.82, 2.24) is 5.32 Å². The number of rotatable bonds is 1. The van der Waals surface area contributed by atoms with Crippen LogP contribution in [0.1, 0.15) is 13.3 Å². The number of nitrogens with one attached hydrogen (secondary N) is 1. The Morgan fingerprint density at radius 1 is 1.00 bits per heavy atom. The molecule has 0 unspecified atom stereocenters. The SMILES string of the molecule is CC1=CNC(=c2cc(F)c(=C3C=C(F)C(/C=C/C(F)(F)F)=C(F)C3)c(F)c2)C=C1. The van der Waals surface area contributed by atoms with Crippen molar-refractivity contribution in [2.75, 3.05) is 0 Å². The van der Waals surface area contributed by atoms with E-state index in [4.69, 9.17) is 0 Å². The number of alkyl halides is 3. The van der Waals surface area contributed by atoms with Crippen molar-refractivity contribution in [3.8, 4) is 0 Å². The summed E-state index contributed by atoms with van der Waals surface area (Å²) in [5.74, 6) is -4.69. The lowest BCUT2D eigenvalue weighted by atomic mass is 9.97. The van der Waals surface area contributed by atoms with Crippen molar-refractivity contribution in [3.63, 3.8) is 0 Å². The van der Waals surface area contributed by atoms with Gasteiger partial charge in [-0.1, -0.05) is 6.08 Å². The molecular formula is C21H14F7N. The molecule has 0 saturated heterocycles. The highest BCUT2D eigenvalue weighted by Crippen LogP contribution is 2.32. The zero-order valence-corrected chi connectivity index (χ0v) is 15.0. The lowest BCUT2D eigenvalue weighted by Crippen LogP contribution is -2.25. The molecule has 1 aromatic rings. The van der Waals surface area contributed by atoms with Crippen LogP contribution in [0.5, 0.6) is 0 Å². The van der Waals surface area contributed by atoms with Crippen molar-refractivity contribution >= 4 is 11.3 Å². The van der Waals surface area contributed by atoms with Gasteiger partial charge in [-0.25, -0.2) is 17.6 Å². The van der Waals surface area contributed by atoms with Crippen molar-refractivity contribution in [3.05, 3.63) is 93.6 Å². The van der Waals surface area contributed by atoms with Gasteiger partial charge in [0.25, 0.3) is 0 Å². The number of allylic oxidation sites excluding steroid dienone is 8. The minimum absolute atomic E-state index is 0.189. The number of dihydropyridines is 1. The van der Waals surface area contributed by atoms with Crippen LogP contribution in [0.3, 0.4) is 0 Å². The van der Waals surface area contributed by atoms with Gasteiger partial charge in [0.05, 0.1) is 0 Å². The Labute approximate surface area is 161 Å². The van der Waals surface area contributed by atoms with E-state index in [9.17, 15) is 30.7 Å². The average Bonchev–Trinajstić information content (AvgIpc) is 2.60. The molecule has 0 amide bonds. The molecule has 0 radical (unpaired) electrons. The minimum atomic E-state index is -4.75. The van der Waals surface area contributed by atoms with Gasteiger partial charge in [0.15, 0.2) is 0 Å². The molecule has 152 valence electrons. The molecule has 0 aromatic heterocycles. The maximum atomic E-state index is 14.6. The van der Waals surface area contributed by atoms with E-state index < -0.39 is 46.7 Å². The first-order valence-electron chi connectivity index (χ1n) is 8.41. The number of halogens is 7. The predicted molar refractivity (Wildman–Crippen MR) is 95.6 cm³/mol. The third kappa shape index (κ3) is 4.70. The van der Waals surface area contributed by atoms with Crippen LogP contribution in [0.4, 0.5) is 30.7 Å². The summed E-state index contributed by atoms with van der Waals surface area (Å²) in [5, 5.41) is 2.43. The molecule has 0 atom stereocenters. The van der Waals surface area contributed by atoms with Gasteiger partial charge in [-0.15, -0.1) is 0 Å². The molecule has 1 heterocycles. The number of hydrogen-bond acceptors (Lipinski definition) is 1. The lowest BCUT2D eigenvalue weighted by Gasteiger charge is -2.13. The summed E-state index contributed by atoms with van der Waals surface area (Å²) in [7, 11) is 0. The first-order chi connectivity index (χ1) is 13.5. The summed E-state index contributed by atoms with van der Waals surface area (Å²) in [5.41, 5.74) is 0.0830. The van der Waals surface area contributed by atoms with E-state index in [2.05, 4.69) is 5.32 Å².